The highest BCUT2D eigenvalue weighted by Crippen LogP contribution is 2.02. The fourth-order valence-electron chi connectivity index (χ4n) is 0.216. The Morgan fingerprint density at radius 1 is 2.17 bits per heavy atom. The second kappa shape index (κ2) is 1.26. The first kappa shape index (κ1) is 1.93. The first-order chi connectivity index (χ1) is 3.80. The van der Waals surface area contributed by atoms with Gasteiger partial charge in [0.15, 0.2) is 7.96 Å². The molecule has 0 aromatic carbocycles. The Hall–Kier alpha value is -0.570. The third kappa shape index (κ3) is 0.490. The van der Waals surface area contributed by atoms with Crippen molar-refractivity contribution in [3.63, 3.8) is 0 Å². The summed E-state index contributed by atoms with van der Waals surface area (Å²) < 4.78 is 13.4. The minimum Gasteiger partial charge on any atom is -0.375 e. The number of aromatic nitrogens is 1. The maximum Gasteiger partial charge on any atom is 0.179 e. The van der Waals surface area contributed by atoms with Gasteiger partial charge in [0.25, 0.3) is 0 Å². The van der Waals surface area contributed by atoms with Crippen LogP contribution in [-0.4, -0.2) is 4.98 Å². The van der Waals surface area contributed by atoms with Crippen LogP contribution in [0.1, 0.15) is 0 Å². The van der Waals surface area contributed by atoms with Gasteiger partial charge < -0.3 is 5.72 Å². The summed E-state index contributed by atoms with van der Waals surface area (Å²) in [5.74, 6) is 0. The summed E-state index contributed by atoms with van der Waals surface area (Å²) in [6.07, 6.45) is 1.57. The number of nitrogens with two attached hydrogens (primary N) is 1. The molecule has 0 amide bonds. The molecule has 1 aromatic rings. The number of hydrogen-bond acceptors (Lipinski definition) is 3. The Balaban J connectivity index is 2.77. The first-order valence-corrected chi connectivity index (χ1v) is 2.36. The molecule has 0 aliphatic rings. The van der Waals surface area contributed by atoms with E-state index in [4.69, 9.17) is 2.82 Å². The molecule has 3 heteroatoms. The van der Waals surface area contributed by atoms with Crippen LogP contribution in [0.25, 0.3) is 0 Å². The molecule has 0 saturated heterocycles. The van der Waals surface area contributed by atoms with Gasteiger partial charge in [-0.05, 0) is 0 Å². The first-order valence-electron chi connectivity index (χ1n) is 2.37. The van der Waals surface area contributed by atoms with Gasteiger partial charge in [-0.25, -0.2) is 4.98 Å². The van der Waals surface area contributed by atoms with Gasteiger partial charge in [0.05, 0.1) is 0 Å². The van der Waals surface area contributed by atoms with Gasteiger partial charge in [0, 0.05) is 11.6 Å². The molecule has 0 radical (unpaired) electrons. The molecule has 32 valence electrons. The van der Waals surface area contributed by atoms with Crippen LogP contribution >= 0.6 is 11.3 Å². The Kier molecular flexibility index (Phi) is 0.406. The van der Waals surface area contributed by atoms with Crippen LogP contribution in [0.3, 0.4) is 0 Å². The third-order valence-corrected chi connectivity index (χ3v) is 0.993. The number of nitrogen functional groups attached to an aromatic ring is 1. The lowest BCUT2D eigenvalue weighted by Crippen LogP contribution is -1.77. The monoisotopic (exact) mass is 102 g/mol. The lowest BCUT2D eigenvalue weighted by molar-refractivity contribution is 1.43. The zero-order valence-electron chi connectivity index (χ0n) is 4.96. The molecule has 2 N–H and O–H groups in total. The van der Waals surface area contributed by atoms with Crippen LogP contribution in [0.15, 0.2) is 11.6 Å². The van der Waals surface area contributed by atoms with Crippen LogP contribution in [0.4, 0.5) is 5.13 Å². The molecule has 0 saturated carbocycles. The fraction of sp³-hybridized carbons (Fsp3) is 0. The lowest BCUT2D eigenvalue weighted by atomic mass is 11.0. The molecule has 0 spiro atoms. The van der Waals surface area contributed by atoms with Gasteiger partial charge in [-0.2, -0.15) is 0 Å². The quantitative estimate of drug-likeness (QED) is 0.567. The van der Waals surface area contributed by atoms with E-state index < -0.39 is 0 Å². The second-order valence-electron chi connectivity index (χ2n) is 0.815. The summed E-state index contributed by atoms with van der Waals surface area (Å²) >= 11 is 1.27. The van der Waals surface area contributed by atoms with E-state index >= 15 is 0 Å². The van der Waals surface area contributed by atoms with Crippen LogP contribution in [0, 0.1) is 0 Å². The topological polar surface area (TPSA) is 38.9 Å². The van der Waals surface area contributed by atoms with Crippen molar-refractivity contribution in [1.29, 1.82) is 0 Å². The van der Waals surface area contributed by atoms with Gasteiger partial charge in [0.1, 0.15) is 0 Å². The van der Waals surface area contributed by atoms with Crippen molar-refractivity contribution >= 4 is 16.5 Å². The van der Waals surface area contributed by atoms with Gasteiger partial charge >= 0.3 is 0 Å². The van der Waals surface area contributed by atoms with Gasteiger partial charge in [-0.3, -0.25) is 0 Å². The smallest absolute Gasteiger partial charge is 0.179 e. The average Bonchev–Trinajstić information content (AvgIpc) is 2.12. The predicted octanol–water partition coefficient (Wildman–Crippen LogP) is 0.725. The molecule has 6 heavy (non-hydrogen) atoms. The number of nitrogens with zero attached hydrogens (tertiary/aromatic N) is 1. The number of anilines is 1. The molecule has 0 atom stereocenters. The van der Waals surface area contributed by atoms with E-state index in [1.165, 1.54) is 11.3 Å². The van der Waals surface area contributed by atoms with Crippen molar-refractivity contribution in [1.82, 2.24) is 4.98 Å². The van der Waals surface area contributed by atoms with Crippen molar-refractivity contribution in [3.8, 4) is 0 Å². The summed E-state index contributed by atoms with van der Waals surface area (Å²) in [6.45, 7) is 0. The molecule has 1 rings (SSSR count). The molecule has 0 aliphatic heterocycles. The van der Waals surface area contributed by atoms with Crippen LogP contribution in [-0.2, 0) is 0 Å². The van der Waals surface area contributed by atoms with Gasteiger partial charge in [-0.15, -0.1) is 11.3 Å². The summed E-state index contributed by atoms with van der Waals surface area (Å²) in [7, 11) is 0. The second-order valence-corrected chi connectivity index (χ2v) is 1.69. The Labute approximate surface area is 42.6 Å². The van der Waals surface area contributed by atoms with Crippen molar-refractivity contribution < 1.29 is 2.82 Å². The fourth-order valence-corrected chi connectivity index (χ4v) is 0.581. The van der Waals surface area contributed by atoms with Crippen molar-refractivity contribution in [2.45, 2.75) is 0 Å². The highest BCUT2D eigenvalue weighted by Gasteiger charge is 1.76. The number of thiazole rings is 1. The average molecular weight is 102 g/mol. The molecular formula is C3H4N2S. The lowest BCUT2D eigenvalue weighted by Gasteiger charge is -1.67. The van der Waals surface area contributed by atoms with Crippen molar-refractivity contribution in [2.75, 3.05) is 5.72 Å². The molecule has 0 aliphatic carbocycles. The summed E-state index contributed by atoms with van der Waals surface area (Å²) in [5, 5.41) is 2.12. The summed E-state index contributed by atoms with van der Waals surface area (Å²) in [5.41, 5.74) is 0.491. The molecule has 1 heterocycles. The van der Waals surface area contributed by atoms with E-state index in [0.717, 1.165) is 0 Å². The SMILES string of the molecule is [2H]N([2H])c1nccs1. The Morgan fingerprint density at radius 2 is 3.17 bits per heavy atom. The third-order valence-electron chi connectivity index (χ3n) is 0.419. The number of rotatable bonds is 1. The zero-order chi connectivity index (χ0) is 5.98. The summed E-state index contributed by atoms with van der Waals surface area (Å²) in [6, 6.07) is 0. The zero-order valence-corrected chi connectivity index (χ0v) is 3.77. The Bertz CT molecular complexity index is 150. The van der Waals surface area contributed by atoms with Crippen LogP contribution in [0.5, 0.6) is 0 Å². The molecule has 0 bridgehead atoms. The van der Waals surface area contributed by atoms with Crippen LogP contribution < -0.4 is 5.72 Å². The van der Waals surface area contributed by atoms with E-state index in [1.807, 2.05) is 0 Å². The molecule has 1 aromatic heterocycles. The standard InChI is InChI=1S/C3H4N2S/c4-3-5-1-2-6-3/h1-2H,(H2,4,5)/i/hD2. The van der Waals surface area contributed by atoms with E-state index in [1.54, 1.807) is 11.6 Å². The predicted molar refractivity (Wildman–Crippen MR) is 26.5 cm³/mol. The maximum absolute atomic E-state index is 6.68. The minimum absolute atomic E-state index is 0.394. The van der Waals surface area contributed by atoms with Crippen LogP contribution in [0.2, 0.25) is 2.82 Å². The molecule has 2 nitrogen and oxygen atoms in total. The maximum atomic E-state index is 6.68. The van der Waals surface area contributed by atoms with Crippen molar-refractivity contribution in [2.24, 2.45) is 0 Å². The molecule has 0 unspecified atom stereocenters. The van der Waals surface area contributed by atoms with E-state index in [0.29, 0.717) is 10.9 Å². The largest absolute Gasteiger partial charge is 0.375 e. The van der Waals surface area contributed by atoms with Gasteiger partial charge in [0.2, 0.25) is 0 Å². The van der Waals surface area contributed by atoms with Gasteiger partial charge in [-0.1, -0.05) is 0 Å². The highest BCUT2D eigenvalue weighted by molar-refractivity contribution is 7.13. The van der Waals surface area contributed by atoms with E-state index in [-0.39, 0.29) is 0 Å². The Morgan fingerprint density at radius 3 is 3.50 bits per heavy atom. The molecular weight excluding hydrogens is 96.1 g/mol. The van der Waals surface area contributed by atoms with E-state index in [9.17, 15) is 0 Å². The van der Waals surface area contributed by atoms with E-state index in [2.05, 4.69) is 4.98 Å². The molecule has 0 fully saturated rings. The number of hydrogen-bond donors (Lipinski definition) is 1. The highest BCUT2D eigenvalue weighted by atomic mass is 32.1. The van der Waals surface area contributed by atoms with Crippen molar-refractivity contribution in [3.05, 3.63) is 11.6 Å². The summed E-state index contributed by atoms with van der Waals surface area (Å²) in [4.78, 5) is 3.69. The normalized spacial score (nSPS) is 12.7. The minimum atomic E-state index is 0.394.